The van der Waals surface area contributed by atoms with Crippen molar-refractivity contribution in [3.8, 4) is 0 Å². The second kappa shape index (κ2) is 7.77. The van der Waals surface area contributed by atoms with Gasteiger partial charge in [-0.05, 0) is 45.3 Å². The average Bonchev–Trinajstić information content (AvgIpc) is 3.12. The molecular weight excluding hydrogens is 286 g/mol. The van der Waals surface area contributed by atoms with Crippen LogP contribution in [0.5, 0.6) is 0 Å². The summed E-state index contributed by atoms with van der Waals surface area (Å²) in [7, 11) is 4.05. The number of likely N-dealkylation sites (N-methyl/N-ethyl adjacent to an activating group) is 1. The largest absolute Gasteiger partial charge is 0.376 e. The molecular formula is C15H25N3O2S. The number of ether oxygens (including phenoxy) is 1. The standard InChI is InChI=1S/C15H25N3O2S/c1-11(13-6-4-8-20-13)17-15(19)16-10-12(18(2)3)14-7-5-9-21-14/h5,7,9,11-13H,4,6,8,10H2,1-3H3,(H2,16,17,19)/t11-,12+,13-/m0/s1. The average molecular weight is 311 g/mol. The fourth-order valence-corrected chi connectivity index (χ4v) is 3.48. The van der Waals surface area contributed by atoms with Crippen molar-refractivity contribution in [3.05, 3.63) is 22.4 Å². The second-order valence-electron chi connectivity index (χ2n) is 5.69. The van der Waals surface area contributed by atoms with Gasteiger partial charge in [-0.3, -0.25) is 0 Å². The predicted octanol–water partition coefficient (Wildman–Crippen LogP) is 2.22. The maximum absolute atomic E-state index is 12.0. The number of urea groups is 1. The number of carbonyl (C=O) groups is 1. The summed E-state index contributed by atoms with van der Waals surface area (Å²) in [4.78, 5) is 15.4. The number of thiophene rings is 1. The van der Waals surface area contributed by atoms with Gasteiger partial charge in [-0.25, -0.2) is 4.79 Å². The van der Waals surface area contributed by atoms with Gasteiger partial charge in [-0.15, -0.1) is 11.3 Å². The molecule has 1 aliphatic rings. The van der Waals surface area contributed by atoms with Crippen LogP contribution in [0, 0.1) is 0 Å². The Labute approximate surface area is 130 Å². The molecule has 1 aromatic rings. The van der Waals surface area contributed by atoms with Gasteiger partial charge < -0.3 is 20.3 Å². The quantitative estimate of drug-likeness (QED) is 0.847. The maximum Gasteiger partial charge on any atom is 0.315 e. The van der Waals surface area contributed by atoms with E-state index in [-0.39, 0.29) is 24.2 Å². The molecule has 3 atom stereocenters. The van der Waals surface area contributed by atoms with Crippen molar-refractivity contribution in [1.82, 2.24) is 15.5 Å². The minimum atomic E-state index is -0.124. The van der Waals surface area contributed by atoms with Gasteiger partial charge in [0.15, 0.2) is 0 Å². The molecule has 1 aliphatic heterocycles. The summed E-state index contributed by atoms with van der Waals surface area (Å²) in [5.41, 5.74) is 0. The number of nitrogens with zero attached hydrogens (tertiary/aromatic N) is 1. The summed E-state index contributed by atoms with van der Waals surface area (Å²) in [5, 5.41) is 8.00. The Hall–Kier alpha value is -1.11. The lowest BCUT2D eigenvalue weighted by Crippen LogP contribution is -2.47. The first kappa shape index (κ1) is 16.3. The van der Waals surface area contributed by atoms with Gasteiger partial charge in [0.05, 0.1) is 18.2 Å². The van der Waals surface area contributed by atoms with Crippen LogP contribution in [-0.4, -0.2) is 50.3 Å². The number of rotatable bonds is 6. The van der Waals surface area contributed by atoms with Gasteiger partial charge in [-0.2, -0.15) is 0 Å². The monoisotopic (exact) mass is 311 g/mol. The number of amides is 2. The van der Waals surface area contributed by atoms with Gasteiger partial charge in [0, 0.05) is 18.0 Å². The number of nitrogens with one attached hydrogen (secondary N) is 2. The van der Waals surface area contributed by atoms with Crippen molar-refractivity contribution in [1.29, 1.82) is 0 Å². The molecule has 0 bridgehead atoms. The summed E-state index contributed by atoms with van der Waals surface area (Å²) >= 11 is 1.71. The molecule has 1 fully saturated rings. The van der Waals surface area contributed by atoms with Crippen molar-refractivity contribution in [3.63, 3.8) is 0 Å². The Balaban J connectivity index is 1.79. The highest BCUT2D eigenvalue weighted by Crippen LogP contribution is 2.22. The molecule has 2 amide bonds. The highest BCUT2D eigenvalue weighted by Gasteiger charge is 2.24. The lowest BCUT2D eigenvalue weighted by Gasteiger charge is -2.25. The fourth-order valence-electron chi connectivity index (χ4n) is 2.56. The molecule has 6 heteroatoms. The number of hydrogen-bond donors (Lipinski definition) is 2. The van der Waals surface area contributed by atoms with Crippen molar-refractivity contribution in [2.45, 2.75) is 38.0 Å². The first-order valence-corrected chi connectivity index (χ1v) is 8.31. The Bertz CT molecular complexity index is 430. The third-order valence-corrected chi connectivity index (χ3v) is 4.81. The summed E-state index contributed by atoms with van der Waals surface area (Å²) in [6.45, 7) is 3.40. The van der Waals surface area contributed by atoms with Crippen LogP contribution in [0.4, 0.5) is 4.79 Å². The molecule has 0 saturated carbocycles. The Morgan fingerprint density at radius 3 is 2.95 bits per heavy atom. The highest BCUT2D eigenvalue weighted by atomic mass is 32.1. The van der Waals surface area contributed by atoms with E-state index in [9.17, 15) is 4.79 Å². The van der Waals surface area contributed by atoms with E-state index in [0.29, 0.717) is 6.54 Å². The molecule has 21 heavy (non-hydrogen) atoms. The molecule has 2 N–H and O–H groups in total. The fraction of sp³-hybridized carbons (Fsp3) is 0.667. The SMILES string of the molecule is C[C@H](NC(=O)NC[C@H](c1cccs1)N(C)C)[C@@H]1CCCO1. The molecule has 0 unspecified atom stereocenters. The van der Waals surface area contributed by atoms with E-state index in [4.69, 9.17) is 4.74 Å². The zero-order chi connectivity index (χ0) is 15.2. The summed E-state index contributed by atoms with van der Waals surface area (Å²) in [5.74, 6) is 0. The van der Waals surface area contributed by atoms with Crippen molar-refractivity contribution in [2.75, 3.05) is 27.2 Å². The van der Waals surface area contributed by atoms with Crippen molar-refractivity contribution in [2.24, 2.45) is 0 Å². The van der Waals surface area contributed by atoms with Gasteiger partial charge >= 0.3 is 6.03 Å². The zero-order valence-corrected chi connectivity index (χ0v) is 13.8. The van der Waals surface area contributed by atoms with Crippen LogP contribution in [0.1, 0.15) is 30.7 Å². The predicted molar refractivity (Wildman–Crippen MR) is 85.7 cm³/mol. The summed E-state index contributed by atoms with van der Waals surface area (Å²) in [6.07, 6.45) is 2.26. The zero-order valence-electron chi connectivity index (χ0n) is 13.0. The van der Waals surface area contributed by atoms with E-state index in [1.54, 1.807) is 11.3 Å². The van der Waals surface area contributed by atoms with E-state index in [0.717, 1.165) is 19.4 Å². The maximum atomic E-state index is 12.0. The van der Waals surface area contributed by atoms with Crippen LogP contribution >= 0.6 is 11.3 Å². The molecule has 0 aliphatic carbocycles. The Morgan fingerprint density at radius 2 is 2.38 bits per heavy atom. The van der Waals surface area contributed by atoms with E-state index < -0.39 is 0 Å². The van der Waals surface area contributed by atoms with E-state index in [1.807, 2.05) is 27.1 Å². The molecule has 2 heterocycles. The third-order valence-electron chi connectivity index (χ3n) is 3.83. The highest BCUT2D eigenvalue weighted by molar-refractivity contribution is 7.10. The van der Waals surface area contributed by atoms with E-state index >= 15 is 0 Å². The van der Waals surface area contributed by atoms with Crippen LogP contribution in [0.25, 0.3) is 0 Å². The lowest BCUT2D eigenvalue weighted by molar-refractivity contribution is 0.0859. The summed E-state index contributed by atoms with van der Waals surface area (Å²) < 4.78 is 5.59. The summed E-state index contributed by atoms with van der Waals surface area (Å²) in [6, 6.07) is 4.27. The molecule has 0 radical (unpaired) electrons. The minimum absolute atomic E-state index is 0.0482. The van der Waals surface area contributed by atoms with Crippen LogP contribution in [-0.2, 0) is 4.74 Å². The molecule has 118 valence electrons. The van der Waals surface area contributed by atoms with E-state index in [2.05, 4.69) is 27.0 Å². The van der Waals surface area contributed by atoms with Gasteiger partial charge in [-0.1, -0.05) is 6.07 Å². The van der Waals surface area contributed by atoms with Crippen LogP contribution < -0.4 is 10.6 Å². The first-order chi connectivity index (χ1) is 10.1. The van der Waals surface area contributed by atoms with Crippen molar-refractivity contribution >= 4 is 17.4 Å². The molecule has 5 nitrogen and oxygen atoms in total. The third kappa shape index (κ3) is 4.69. The van der Waals surface area contributed by atoms with Crippen LogP contribution in [0.3, 0.4) is 0 Å². The first-order valence-electron chi connectivity index (χ1n) is 7.43. The van der Waals surface area contributed by atoms with Crippen LogP contribution in [0.15, 0.2) is 17.5 Å². The number of hydrogen-bond acceptors (Lipinski definition) is 4. The minimum Gasteiger partial charge on any atom is -0.376 e. The van der Waals surface area contributed by atoms with Gasteiger partial charge in [0.25, 0.3) is 0 Å². The lowest BCUT2D eigenvalue weighted by atomic mass is 10.1. The Morgan fingerprint density at radius 1 is 1.57 bits per heavy atom. The van der Waals surface area contributed by atoms with Crippen molar-refractivity contribution < 1.29 is 9.53 Å². The Kier molecular flexibility index (Phi) is 6.02. The molecule has 0 aromatic carbocycles. The van der Waals surface area contributed by atoms with E-state index in [1.165, 1.54) is 4.88 Å². The molecule has 0 spiro atoms. The van der Waals surface area contributed by atoms with Gasteiger partial charge in [0.1, 0.15) is 0 Å². The second-order valence-corrected chi connectivity index (χ2v) is 6.67. The molecule has 2 rings (SSSR count). The molecule has 1 aromatic heterocycles. The normalized spacial score (nSPS) is 21.2. The topological polar surface area (TPSA) is 53.6 Å². The number of carbonyl (C=O) groups excluding carboxylic acids is 1. The van der Waals surface area contributed by atoms with Crippen LogP contribution in [0.2, 0.25) is 0 Å². The molecule has 1 saturated heterocycles. The smallest absolute Gasteiger partial charge is 0.315 e. The van der Waals surface area contributed by atoms with Gasteiger partial charge in [0.2, 0.25) is 0 Å².